The highest BCUT2D eigenvalue weighted by molar-refractivity contribution is 7.87. The number of nitrogens with one attached hydrogen (secondary N) is 1. The van der Waals surface area contributed by atoms with Crippen molar-refractivity contribution in [1.29, 1.82) is 0 Å². The van der Waals surface area contributed by atoms with Crippen LogP contribution in [0, 0.1) is 0 Å². The van der Waals surface area contributed by atoms with Crippen molar-refractivity contribution < 1.29 is 23.4 Å². The highest BCUT2D eigenvalue weighted by atomic mass is 32.2. The number of hydrogen-bond acceptors (Lipinski definition) is 4. The molecule has 0 aliphatic rings. The summed E-state index contributed by atoms with van der Waals surface area (Å²) >= 11 is 0. The van der Waals surface area contributed by atoms with Gasteiger partial charge in [0.2, 0.25) is 0 Å². The number of aliphatic carboxylic acids is 1. The number of aliphatic hydroxyl groups excluding tert-OH is 1. The maximum absolute atomic E-state index is 11.6. The van der Waals surface area contributed by atoms with Gasteiger partial charge in [-0.25, -0.2) is 0 Å². The summed E-state index contributed by atoms with van der Waals surface area (Å²) in [6.07, 6.45) is -1.31. The second-order valence-electron chi connectivity index (χ2n) is 3.79. The Hall–Kier alpha value is -0.700. The lowest BCUT2D eigenvalue weighted by atomic mass is 10.2. The SMILES string of the molecule is CC(C)N(C)S(=O)(=O)N[C@H](C(=O)O)[C@@H](C)O. The van der Waals surface area contributed by atoms with Crippen molar-refractivity contribution in [2.75, 3.05) is 7.05 Å². The maximum Gasteiger partial charge on any atom is 0.324 e. The first-order valence-corrected chi connectivity index (χ1v) is 6.19. The molecule has 0 rings (SSSR count). The van der Waals surface area contributed by atoms with Crippen LogP contribution in [0.3, 0.4) is 0 Å². The van der Waals surface area contributed by atoms with Crippen molar-refractivity contribution in [3.63, 3.8) is 0 Å². The zero-order chi connectivity index (χ0) is 13.1. The van der Waals surface area contributed by atoms with Gasteiger partial charge in [0.05, 0.1) is 6.10 Å². The zero-order valence-electron chi connectivity index (χ0n) is 9.71. The maximum atomic E-state index is 11.6. The summed E-state index contributed by atoms with van der Waals surface area (Å²) in [4.78, 5) is 10.7. The van der Waals surface area contributed by atoms with Crippen molar-refractivity contribution in [2.24, 2.45) is 0 Å². The third-order valence-corrected chi connectivity index (χ3v) is 3.86. The van der Waals surface area contributed by atoms with Crippen LogP contribution >= 0.6 is 0 Å². The molecule has 0 amide bonds. The molecule has 0 spiro atoms. The van der Waals surface area contributed by atoms with E-state index >= 15 is 0 Å². The lowest BCUT2D eigenvalue weighted by Gasteiger charge is -2.24. The molecule has 7 nitrogen and oxygen atoms in total. The lowest BCUT2D eigenvalue weighted by Crippen LogP contribution is -2.52. The van der Waals surface area contributed by atoms with Crippen LogP contribution in [0.25, 0.3) is 0 Å². The first-order valence-electron chi connectivity index (χ1n) is 4.75. The van der Waals surface area contributed by atoms with E-state index in [1.807, 2.05) is 4.72 Å². The van der Waals surface area contributed by atoms with Crippen molar-refractivity contribution in [3.8, 4) is 0 Å². The van der Waals surface area contributed by atoms with Crippen LogP contribution < -0.4 is 4.72 Å². The van der Waals surface area contributed by atoms with E-state index in [4.69, 9.17) is 10.2 Å². The molecule has 8 heteroatoms. The van der Waals surface area contributed by atoms with E-state index in [2.05, 4.69) is 0 Å². The van der Waals surface area contributed by atoms with Gasteiger partial charge in [0.1, 0.15) is 6.04 Å². The van der Waals surface area contributed by atoms with Crippen LogP contribution in [0.2, 0.25) is 0 Å². The van der Waals surface area contributed by atoms with Gasteiger partial charge in [0.15, 0.2) is 0 Å². The zero-order valence-corrected chi connectivity index (χ0v) is 10.5. The standard InChI is InChI=1S/C8H18N2O5S/c1-5(2)10(4)16(14,15)9-7(6(3)11)8(12)13/h5-7,9,11H,1-4H3,(H,12,13)/t6-,7+/m1/s1. The van der Waals surface area contributed by atoms with Crippen molar-refractivity contribution in [2.45, 2.75) is 39.0 Å². The summed E-state index contributed by atoms with van der Waals surface area (Å²) in [5, 5.41) is 17.9. The smallest absolute Gasteiger partial charge is 0.324 e. The van der Waals surface area contributed by atoms with E-state index in [9.17, 15) is 13.2 Å². The molecule has 0 unspecified atom stereocenters. The van der Waals surface area contributed by atoms with Gasteiger partial charge in [-0.1, -0.05) is 0 Å². The Morgan fingerprint density at radius 3 is 2.00 bits per heavy atom. The summed E-state index contributed by atoms with van der Waals surface area (Å²) < 4.78 is 26.2. The molecule has 0 aromatic rings. The van der Waals surface area contributed by atoms with E-state index in [1.165, 1.54) is 14.0 Å². The van der Waals surface area contributed by atoms with Gasteiger partial charge in [-0.15, -0.1) is 0 Å². The Labute approximate surface area is 95.2 Å². The molecule has 0 fully saturated rings. The van der Waals surface area contributed by atoms with E-state index in [1.54, 1.807) is 13.8 Å². The van der Waals surface area contributed by atoms with Gasteiger partial charge in [0, 0.05) is 13.1 Å². The molecule has 0 saturated heterocycles. The fourth-order valence-corrected chi connectivity index (χ4v) is 2.22. The molecule has 16 heavy (non-hydrogen) atoms. The first-order chi connectivity index (χ1) is 7.09. The second kappa shape index (κ2) is 5.58. The fourth-order valence-electron chi connectivity index (χ4n) is 0.876. The van der Waals surface area contributed by atoms with Gasteiger partial charge in [-0.05, 0) is 20.8 Å². The van der Waals surface area contributed by atoms with Gasteiger partial charge in [0.25, 0.3) is 10.2 Å². The summed E-state index contributed by atoms with van der Waals surface area (Å²) in [7, 11) is -2.58. The highest BCUT2D eigenvalue weighted by Gasteiger charge is 2.31. The fraction of sp³-hybridized carbons (Fsp3) is 0.875. The minimum absolute atomic E-state index is 0.305. The lowest BCUT2D eigenvalue weighted by molar-refractivity contribution is -0.141. The predicted octanol–water partition coefficient (Wildman–Crippen LogP) is -1.00. The quantitative estimate of drug-likeness (QED) is 0.563. The molecule has 0 aliphatic heterocycles. The van der Waals surface area contributed by atoms with Crippen LogP contribution in [-0.2, 0) is 15.0 Å². The number of carbonyl (C=O) groups is 1. The Kier molecular flexibility index (Phi) is 5.33. The largest absolute Gasteiger partial charge is 0.480 e. The number of carboxylic acid groups (broad SMARTS) is 1. The van der Waals surface area contributed by atoms with E-state index < -0.39 is 28.3 Å². The molecular weight excluding hydrogens is 236 g/mol. The number of nitrogens with zero attached hydrogens (tertiary/aromatic N) is 1. The molecule has 96 valence electrons. The van der Waals surface area contributed by atoms with E-state index in [0.717, 1.165) is 4.31 Å². The number of carboxylic acids is 1. The molecule has 0 bridgehead atoms. The van der Waals surface area contributed by atoms with Crippen LogP contribution in [0.5, 0.6) is 0 Å². The molecular formula is C8H18N2O5S. The van der Waals surface area contributed by atoms with Crippen molar-refractivity contribution in [1.82, 2.24) is 9.03 Å². The number of rotatable bonds is 6. The normalized spacial score (nSPS) is 16.4. The minimum Gasteiger partial charge on any atom is -0.480 e. The molecule has 2 atom stereocenters. The van der Waals surface area contributed by atoms with Crippen molar-refractivity contribution >= 4 is 16.2 Å². The topological polar surface area (TPSA) is 107 Å². The summed E-state index contributed by atoms with van der Waals surface area (Å²) in [5.74, 6) is -1.42. The van der Waals surface area contributed by atoms with E-state index in [-0.39, 0.29) is 6.04 Å². The minimum atomic E-state index is -3.91. The molecule has 0 aromatic carbocycles. The average Bonchev–Trinajstić information content (AvgIpc) is 2.11. The average molecular weight is 254 g/mol. The van der Waals surface area contributed by atoms with E-state index in [0.29, 0.717) is 0 Å². The first kappa shape index (κ1) is 15.3. The van der Waals surface area contributed by atoms with Crippen LogP contribution in [0.4, 0.5) is 0 Å². The third-order valence-electron chi connectivity index (χ3n) is 2.13. The third kappa shape index (κ3) is 4.05. The van der Waals surface area contributed by atoms with Crippen LogP contribution in [-0.4, -0.2) is 54.1 Å². The highest BCUT2D eigenvalue weighted by Crippen LogP contribution is 2.04. The molecule has 0 aromatic heterocycles. The van der Waals surface area contributed by atoms with Crippen molar-refractivity contribution in [3.05, 3.63) is 0 Å². The molecule has 0 radical (unpaired) electrons. The van der Waals surface area contributed by atoms with Gasteiger partial charge in [-0.2, -0.15) is 17.4 Å². The monoisotopic (exact) mass is 254 g/mol. The van der Waals surface area contributed by atoms with Gasteiger partial charge >= 0.3 is 5.97 Å². The Bertz CT molecular complexity index is 338. The summed E-state index contributed by atoms with van der Waals surface area (Å²) in [6, 6.07) is -1.85. The molecule has 3 N–H and O–H groups in total. The van der Waals surface area contributed by atoms with Gasteiger partial charge in [-0.3, -0.25) is 4.79 Å². The predicted molar refractivity (Wildman–Crippen MR) is 58.1 cm³/mol. The Balaban J connectivity index is 4.88. The Morgan fingerprint density at radius 2 is 1.75 bits per heavy atom. The molecule has 0 saturated carbocycles. The molecule has 0 aliphatic carbocycles. The molecule has 0 heterocycles. The second-order valence-corrected chi connectivity index (χ2v) is 5.55. The van der Waals surface area contributed by atoms with Gasteiger partial charge < -0.3 is 10.2 Å². The van der Waals surface area contributed by atoms with Crippen LogP contribution in [0.1, 0.15) is 20.8 Å². The summed E-state index contributed by atoms with van der Waals surface area (Å²) in [5.41, 5.74) is 0. The number of hydrogen-bond donors (Lipinski definition) is 3. The number of aliphatic hydroxyl groups is 1. The van der Waals surface area contributed by atoms with Crippen LogP contribution in [0.15, 0.2) is 0 Å². The Morgan fingerprint density at radius 1 is 1.31 bits per heavy atom. The summed E-state index contributed by atoms with van der Waals surface area (Å²) in [6.45, 7) is 4.51.